The molecule has 1 saturated heterocycles. The second kappa shape index (κ2) is 7.13. The molecular formula is C16H21BrN2O3. The maximum Gasteiger partial charge on any atom is 0.410 e. The van der Waals surface area contributed by atoms with Crippen LogP contribution in [-0.4, -0.2) is 43.1 Å². The van der Waals surface area contributed by atoms with Crippen molar-refractivity contribution in [3.63, 3.8) is 0 Å². The van der Waals surface area contributed by atoms with Gasteiger partial charge in [0.05, 0.1) is 6.61 Å². The lowest BCUT2D eigenvalue weighted by Gasteiger charge is -2.34. The number of ether oxygens (including phenoxy) is 1. The van der Waals surface area contributed by atoms with Crippen LogP contribution in [0.3, 0.4) is 0 Å². The molecule has 22 heavy (non-hydrogen) atoms. The Bertz CT molecular complexity index is 575. The highest BCUT2D eigenvalue weighted by Crippen LogP contribution is 2.26. The molecule has 0 atom stereocenters. The molecule has 0 N–H and O–H groups in total. The fourth-order valence-electron chi connectivity index (χ4n) is 2.29. The lowest BCUT2D eigenvalue weighted by Crippen LogP contribution is -2.52. The fourth-order valence-corrected chi connectivity index (χ4v) is 2.64. The van der Waals surface area contributed by atoms with Crippen molar-refractivity contribution >= 4 is 33.6 Å². The average Bonchev–Trinajstić information content (AvgIpc) is 2.47. The Morgan fingerprint density at radius 3 is 2.73 bits per heavy atom. The zero-order valence-electron chi connectivity index (χ0n) is 13.1. The van der Waals surface area contributed by atoms with E-state index in [2.05, 4.69) is 15.9 Å². The third-order valence-corrected chi connectivity index (χ3v) is 3.97. The van der Waals surface area contributed by atoms with Gasteiger partial charge in [-0.3, -0.25) is 9.69 Å². The highest BCUT2D eigenvalue weighted by molar-refractivity contribution is 9.10. The summed E-state index contributed by atoms with van der Waals surface area (Å²) in [6.45, 7) is 7.32. The Morgan fingerprint density at radius 1 is 1.36 bits per heavy atom. The van der Waals surface area contributed by atoms with Crippen LogP contribution in [0.25, 0.3) is 0 Å². The van der Waals surface area contributed by atoms with E-state index in [4.69, 9.17) is 4.74 Å². The van der Waals surface area contributed by atoms with Crippen LogP contribution in [0.4, 0.5) is 10.5 Å². The monoisotopic (exact) mass is 368 g/mol. The summed E-state index contributed by atoms with van der Waals surface area (Å²) in [5, 5.41) is 0. The quantitative estimate of drug-likeness (QED) is 0.822. The van der Waals surface area contributed by atoms with Crippen LogP contribution in [0.15, 0.2) is 22.7 Å². The fraction of sp³-hybridized carbons (Fsp3) is 0.500. The van der Waals surface area contributed by atoms with E-state index in [0.29, 0.717) is 19.7 Å². The molecule has 1 heterocycles. The number of amides is 2. The molecule has 0 saturated carbocycles. The Hall–Kier alpha value is -1.56. The predicted molar refractivity (Wildman–Crippen MR) is 89.0 cm³/mol. The van der Waals surface area contributed by atoms with Crippen molar-refractivity contribution in [1.82, 2.24) is 4.90 Å². The van der Waals surface area contributed by atoms with E-state index >= 15 is 0 Å². The minimum Gasteiger partial charge on any atom is -0.449 e. The number of carbonyl (C=O) groups excluding carboxylic acids is 2. The molecule has 0 radical (unpaired) electrons. The molecule has 0 unspecified atom stereocenters. The van der Waals surface area contributed by atoms with Gasteiger partial charge < -0.3 is 9.64 Å². The number of hydrogen-bond donors (Lipinski definition) is 0. The van der Waals surface area contributed by atoms with Gasteiger partial charge in [0.1, 0.15) is 6.54 Å². The maximum absolute atomic E-state index is 12.4. The highest BCUT2D eigenvalue weighted by Gasteiger charge is 2.29. The number of halogens is 1. The lowest BCUT2D eigenvalue weighted by molar-refractivity contribution is -0.120. The molecule has 1 fully saturated rings. The molecule has 1 aromatic rings. The van der Waals surface area contributed by atoms with Gasteiger partial charge in [-0.15, -0.1) is 0 Å². The molecule has 1 aliphatic rings. The van der Waals surface area contributed by atoms with E-state index in [-0.39, 0.29) is 18.4 Å². The molecule has 1 aromatic carbocycles. The minimum atomic E-state index is -0.410. The standard InChI is InChI=1S/C16H21BrN2O3/c1-11(2)10-22-16(21)18-6-7-19(15(20)9-18)14-8-13(17)5-4-12(14)3/h4-5,8,11H,6-7,9-10H2,1-3H3. The number of nitrogens with zero attached hydrogens (tertiary/aromatic N) is 2. The van der Waals surface area contributed by atoms with Gasteiger partial charge >= 0.3 is 6.09 Å². The first kappa shape index (κ1) is 16.8. The first-order valence-corrected chi connectivity index (χ1v) is 8.16. The summed E-state index contributed by atoms with van der Waals surface area (Å²) >= 11 is 3.43. The summed E-state index contributed by atoms with van der Waals surface area (Å²) in [4.78, 5) is 27.5. The molecule has 2 rings (SSSR count). The molecule has 5 nitrogen and oxygen atoms in total. The predicted octanol–water partition coefficient (Wildman–Crippen LogP) is 3.20. The van der Waals surface area contributed by atoms with Crippen molar-refractivity contribution in [2.45, 2.75) is 20.8 Å². The van der Waals surface area contributed by atoms with Gasteiger partial charge in [-0.1, -0.05) is 35.8 Å². The summed E-state index contributed by atoms with van der Waals surface area (Å²) in [6.07, 6.45) is -0.410. The van der Waals surface area contributed by atoms with Crippen LogP contribution in [0.2, 0.25) is 0 Å². The van der Waals surface area contributed by atoms with Crippen molar-refractivity contribution in [3.05, 3.63) is 28.2 Å². The number of benzene rings is 1. The summed E-state index contributed by atoms with van der Waals surface area (Å²) < 4.78 is 6.11. The van der Waals surface area contributed by atoms with Gasteiger partial charge in [-0.05, 0) is 30.5 Å². The molecule has 6 heteroatoms. The first-order chi connectivity index (χ1) is 10.4. The second-order valence-electron chi connectivity index (χ2n) is 5.87. The van der Waals surface area contributed by atoms with Gasteiger partial charge in [0, 0.05) is 23.2 Å². The van der Waals surface area contributed by atoms with Crippen LogP contribution in [0.1, 0.15) is 19.4 Å². The molecule has 0 aliphatic carbocycles. The molecule has 0 spiro atoms. The zero-order valence-corrected chi connectivity index (χ0v) is 14.7. The number of anilines is 1. The molecule has 120 valence electrons. The Morgan fingerprint density at radius 2 is 2.09 bits per heavy atom. The molecule has 0 bridgehead atoms. The lowest BCUT2D eigenvalue weighted by atomic mass is 10.1. The maximum atomic E-state index is 12.4. The van der Waals surface area contributed by atoms with Crippen LogP contribution >= 0.6 is 15.9 Å². The number of piperazine rings is 1. The molecular weight excluding hydrogens is 348 g/mol. The molecule has 1 aliphatic heterocycles. The summed E-state index contributed by atoms with van der Waals surface area (Å²) in [5.41, 5.74) is 1.92. The van der Waals surface area contributed by atoms with Crippen molar-refractivity contribution in [2.75, 3.05) is 31.1 Å². The topological polar surface area (TPSA) is 49.9 Å². The molecule has 2 amide bonds. The van der Waals surface area contributed by atoms with Crippen molar-refractivity contribution < 1.29 is 14.3 Å². The van der Waals surface area contributed by atoms with Crippen LogP contribution in [0, 0.1) is 12.8 Å². The van der Waals surface area contributed by atoms with Crippen molar-refractivity contribution in [3.8, 4) is 0 Å². The number of carbonyl (C=O) groups is 2. The van der Waals surface area contributed by atoms with E-state index in [9.17, 15) is 9.59 Å². The van der Waals surface area contributed by atoms with Crippen LogP contribution in [-0.2, 0) is 9.53 Å². The largest absolute Gasteiger partial charge is 0.449 e. The SMILES string of the molecule is Cc1ccc(Br)cc1N1CCN(C(=O)OCC(C)C)CC1=O. The summed E-state index contributed by atoms with van der Waals surface area (Å²) in [7, 11) is 0. The van der Waals surface area contributed by atoms with E-state index in [1.54, 1.807) is 4.90 Å². The Kier molecular flexibility index (Phi) is 5.45. The normalized spacial score (nSPS) is 15.4. The van der Waals surface area contributed by atoms with Crippen molar-refractivity contribution in [2.24, 2.45) is 5.92 Å². The van der Waals surface area contributed by atoms with E-state index in [1.165, 1.54) is 4.90 Å². The third kappa shape index (κ3) is 4.00. The minimum absolute atomic E-state index is 0.0584. The Labute approximate surface area is 139 Å². The first-order valence-electron chi connectivity index (χ1n) is 7.36. The van der Waals surface area contributed by atoms with E-state index in [0.717, 1.165) is 15.7 Å². The van der Waals surface area contributed by atoms with Gasteiger partial charge in [-0.2, -0.15) is 0 Å². The van der Waals surface area contributed by atoms with Gasteiger partial charge in [-0.25, -0.2) is 4.79 Å². The van der Waals surface area contributed by atoms with Crippen LogP contribution < -0.4 is 4.90 Å². The number of rotatable bonds is 3. The summed E-state index contributed by atoms with van der Waals surface area (Å²) in [5.74, 6) is 0.194. The zero-order chi connectivity index (χ0) is 16.3. The summed E-state index contributed by atoms with van der Waals surface area (Å²) in [6, 6.07) is 5.85. The molecule has 0 aromatic heterocycles. The van der Waals surface area contributed by atoms with Gasteiger partial charge in [0.2, 0.25) is 5.91 Å². The van der Waals surface area contributed by atoms with Crippen molar-refractivity contribution in [1.29, 1.82) is 0 Å². The third-order valence-electron chi connectivity index (χ3n) is 3.48. The second-order valence-corrected chi connectivity index (χ2v) is 6.78. The van der Waals surface area contributed by atoms with Gasteiger partial charge in [0.15, 0.2) is 0 Å². The van der Waals surface area contributed by atoms with Crippen LogP contribution in [0.5, 0.6) is 0 Å². The highest BCUT2D eigenvalue weighted by atomic mass is 79.9. The Balaban J connectivity index is 2.02. The number of aryl methyl sites for hydroxylation is 1. The van der Waals surface area contributed by atoms with Gasteiger partial charge in [0.25, 0.3) is 0 Å². The average molecular weight is 369 g/mol. The van der Waals surface area contributed by atoms with E-state index < -0.39 is 6.09 Å². The smallest absolute Gasteiger partial charge is 0.410 e. The number of hydrogen-bond acceptors (Lipinski definition) is 3. The van der Waals surface area contributed by atoms with E-state index in [1.807, 2.05) is 39.0 Å².